The first-order valence-corrected chi connectivity index (χ1v) is 15.0. The summed E-state index contributed by atoms with van der Waals surface area (Å²) < 4.78 is 1.89. The van der Waals surface area contributed by atoms with E-state index >= 15 is 0 Å². The summed E-state index contributed by atoms with van der Waals surface area (Å²) >= 11 is 0. The van der Waals surface area contributed by atoms with Crippen molar-refractivity contribution in [1.82, 2.24) is 19.4 Å². The highest BCUT2D eigenvalue weighted by Gasteiger charge is 2.20. The molecule has 0 saturated heterocycles. The Balaban J connectivity index is 1.48. The van der Waals surface area contributed by atoms with Crippen molar-refractivity contribution in [3.05, 3.63) is 155 Å². The molecule has 0 atom stereocenters. The maximum atomic E-state index is 14.3. The smallest absolute Gasteiger partial charge is 0.263 e. The van der Waals surface area contributed by atoms with E-state index in [1.807, 2.05) is 108 Å². The van der Waals surface area contributed by atoms with Crippen molar-refractivity contribution in [2.24, 2.45) is 0 Å². The van der Waals surface area contributed by atoms with Gasteiger partial charge in [-0.25, -0.2) is 15.0 Å². The third-order valence-corrected chi connectivity index (χ3v) is 8.67. The van der Waals surface area contributed by atoms with Gasteiger partial charge in [-0.3, -0.25) is 9.20 Å². The number of benzene rings is 5. The Morgan fingerprint density at radius 3 is 1.53 bits per heavy atom. The van der Waals surface area contributed by atoms with E-state index in [1.54, 1.807) is 0 Å². The van der Waals surface area contributed by atoms with Crippen molar-refractivity contribution in [3.63, 3.8) is 0 Å². The predicted molar refractivity (Wildman–Crippen MR) is 183 cm³/mol. The Bertz CT molecular complexity index is 2400. The summed E-state index contributed by atoms with van der Waals surface area (Å²) in [7, 11) is 0. The largest absolute Gasteiger partial charge is 0.279 e. The molecular formula is C40H28N4O. The maximum absolute atomic E-state index is 14.3. The zero-order valence-corrected chi connectivity index (χ0v) is 24.9. The number of fused-ring (bicyclic) bond motifs is 4. The molecule has 0 aliphatic heterocycles. The van der Waals surface area contributed by atoms with Gasteiger partial charge in [0.05, 0.1) is 5.52 Å². The van der Waals surface area contributed by atoms with Crippen LogP contribution in [0, 0.1) is 13.8 Å². The van der Waals surface area contributed by atoms with Crippen LogP contribution in [0.5, 0.6) is 0 Å². The van der Waals surface area contributed by atoms with Crippen molar-refractivity contribution in [3.8, 4) is 45.3 Å². The fraction of sp³-hybridized carbons (Fsp3) is 0.0500. The maximum Gasteiger partial charge on any atom is 0.263 e. The third kappa shape index (κ3) is 4.40. The Morgan fingerprint density at radius 2 is 0.956 bits per heavy atom. The van der Waals surface area contributed by atoms with Crippen LogP contribution in [0.15, 0.2) is 138 Å². The van der Waals surface area contributed by atoms with Crippen LogP contribution in [-0.4, -0.2) is 19.4 Å². The van der Waals surface area contributed by atoms with Crippen LogP contribution in [0.4, 0.5) is 0 Å². The molecule has 0 fully saturated rings. The average molecular weight is 581 g/mol. The molecule has 0 unspecified atom stereocenters. The van der Waals surface area contributed by atoms with Gasteiger partial charge in [-0.2, -0.15) is 0 Å². The molecule has 8 rings (SSSR count). The first-order valence-electron chi connectivity index (χ1n) is 15.0. The summed E-state index contributed by atoms with van der Waals surface area (Å²) in [5.74, 6) is 1.74. The second-order valence-electron chi connectivity index (χ2n) is 11.3. The molecule has 5 nitrogen and oxygen atoms in total. The molecule has 0 radical (unpaired) electrons. The molecule has 0 aliphatic carbocycles. The lowest BCUT2D eigenvalue weighted by atomic mass is 9.92. The van der Waals surface area contributed by atoms with E-state index in [4.69, 9.17) is 15.0 Å². The zero-order valence-electron chi connectivity index (χ0n) is 24.9. The fourth-order valence-electron chi connectivity index (χ4n) is 6.33. The lowest BCUT2D eigenvalue weighted by Crippen LogP contribution is -2.18. The predicted octanol–water partition coefficient (Wildman–Crippen LogP) is 9.08. The normalized spacial score (nSPS) is 11.4. The number of rotatable bonds is 4. The molecule has 45 heavy (non-hydrogen) atoms. The molecule has 5 heteroatoms. The molecular weight excluding hydrogens is 552 g/mol. The van der Waals surface area contributed by atoms with Gasteiger partial charge in [0.1, 0.15) is 0 Å². The van der Waals surface area contributed by atoms with Crippen molar-refractivity contribution >= 4 is 27.1 Å². The molecule has 0 bridgehead atoms. The van der Waals surface area contributed by atoms with Crippen molar-refractivity contribution in [2.75, 3.05) is 0 Å². The van der Waals surface area contributed by atoms with Gasteiger partial charge in [0.15, 0.2) is 17.5 Å². The Labute approximate surface area is 260 Å². The third-order valence-electron chi connectivity index (χ3n) is 8.67. The van der Waals surface area contributed by atoms with Crippen molar-refractivity contribution < 1.29 is 0 Å². The van der Waals surface area contributed by atoms with E-state index in [-0.39, 0.29) is 5.56 Å². The van der Waals surface area contributed by atoms with Gasteiger partial charge in [0.2, 0.25) is 0 Å². The lowest BCUT2D eigenvalue weighted by molar-refractivity contribution is 1.03. The molecule has 0 spiro atoms. The minimum Gasteiger partial charge on any atom is -0.279 e. The summed E-state index contributed by atoms with van der Waals surface area (Å²) in [5.41, 5.74) is 7.58. The van der Waals surface area contributed by atoms with Gasteiger partial charge in [-0.15, -0.1) is 0 Å². The summed E-state index contributed by atoms with van der Waals surface area (Å²) in [4.78, 5) is 29.1. The summed E-state index contributed by atoms with van der Waals surface area (Å²) in [6, 6.07) is 44.5. The van der Waals surface area contributed by atoms with Gasteiger partial charge in [-0.1, -0.05) is 121 Å². The lowest BCUT2D eigenvalue weighted by Gasteiger charge is -2.19. The number of hydrogen-bond donors (Lipinski definition) is 0. The number of pyridine rings is 2. The van der Waals surface area contributed by atoms with Gasteiger partial charge in [0, 0.05) is 38.7 Å². The van der Waals surface area contributed by atoms with E-state index in [0.29, 0.717) is 22.9 Å². The number of aryl methyl sites for hydroxylation is 2. The minimum absolute atomic E-state index is 0.0387. The first kappa shape index (κ1) is 26.7. The van der Waals surface area contributed by atoms with Crippen LogP contribution in [0.25, 0.3) is 72.4 Å². The quantitative estimate of drug-likeness (QED) is 0.154. The fourth-order valence-corrected chi connectivity index (χ4v) is 6.33. The van der Waals surface area contributed by atoms with E-state index in [9.17, 15) is 4.79 Å². The molecule has 8 aromatic rings. The van der Waals surface area contributed by atoms with E-state index in [1.165, 1.54) is 0 Å². The minimum atomic E-state index is -0.0387. The van der Waals surface area contributed by atoms with Gasteiger partial charge < -0.3 is 0 Å². The first-order chi connectivity index (χ1) is 22.1. The summed E-state index contributed by atoms with van der Waals surface area (Å²) in [6.45, 7) is 4.13. The highest BCUT2D eigenvalue weighted by molar-refractivity contribution is 6.13. The van der Waals surface area contributed by atoms with E-state index in [0.717, 1.165) is 60.8 Å². The van der Waals surface area contributed by atoms with Gasteiger partial charge >= 0.3 is 0 Å². The van der Waals surface area contributed by atoms with Gasteiger partial charge in [-0.05, 0) is 47.9 Å². The molecule has 0 N–H and O–H groups in total. The number of aromatic nitrogens is 4. The highest BCUT2D eigenvalue weighted by atomic mass is 16.1. The van der Waals surface area contributed by atoms with Crippen LogP contribution in [0.3, 0.4) is 0 Å². The van der Waals surface area contributed by atoms with Crippen molar-refractivity contribution in [1.29, 1.82) is 0 Å². The summed E-state index contributed by atoms with van der Waals surface area (Å²) in [6.07, 6.45) is 0. The van der Waals surface area contributed by atoms with Crippen LogP contribution >= 0.6 is 0 Å². The van der Waals surface area contributed by atoms with Crippen molar-refractivity contribution in [2.45, 2.75) is 13.8 Å². The highest BCUT2D eigenvalue weighted by Crippen LogP contribution is 2.38. The number of nitrogens with zero attached hydrogens (tertiary/aromatic N) is 4. The van der Waals surface area contributed by atoms with Crippen LogP contribution in [0.1, 0.15) is 11.3 Å². The van der Waals surface area contributed by atoms with Crippen LogP contribution in [0.2, 0.25) is 0 Å². The summed E-state index contributed by atoms with van der Waals surface area (Å²) in [5, 5.41) is 3.69. The molecule has 3 heterocycles. The Hall–Kier alpha value is -5.94. The average Bonchev–Trinajstić information content (AvgIpc) is 3.11. The van der Waals surface area contributed by atoms with E-state index in [2.05, 4.69) is 43.3 Å². The Kier molecular flexibility index (Phi) is 6.31. The van der Waals surface area contributed by atoms with Crippen LogP contribution in [-0.2, 0) is 0 Å². The topological polar surface area (TPSA) is 60.2 Å². The second-order valence-corrected chi connectivity index (χ2v) is 11.3. The molecule has 5 aromatic carbocycles. The molecule has 214 valence electrons. The molecule has 3 aromatic heterocycles. The SMILES string of the molecule is Cc1c(C)n2c(=O)c3ccc(-c4nc(-c5ccccc5)nc(-c5ccccc5)n4)cc3c(-c3ccccc3)c2c2ccccc12. The molecule has 0 aliphatic rings. The molecule has 0 saturated carbocycles. The van der Waals surface area contributed by atoms with Gasteiger partial charge in [0.25, 0.3) is 5.56 Å². The standard InChI is InChI=1S/C40H28N4O/c1-25-26(2)44-36(32-21-13-12-20-31(25)32)35(27-14-6-3-7-15-27)34-24-30(22-23-33(34)40(44)45)39-42-37(28-16-8-4-9-17-28)41-38(43-39)29-18-10-5-11-19-29/h3-24H,1-2H3. The zero-order chi connectivity index (χ0) is 30.5. The van der Waals surface area contributed by atoms with E-state index < -0.39 is 0 Å². The number of hydrogen-bond acceptors (Lipinski definition) is 4. The Morgan fingerprint density at radius 1 is 0.467 bits per heavy atom. The second kappa shape index (κ2) is 10.6. The molecule has 0 amide bonds. The monoisotopic (exact) mass is 580 g/mol. The van der Waals surface area contributed by atoms with Crippen LogP contribution < -0.4 is 5.56 Å².